The lowest BCUT2D eigenvalue weighted by atomic mass is 9.97. The molecule has 2 aromatic heterocycles. The molecule has 3 aromatic carbocycles. The van der Waals surface area contributed by atoms with E-state index in [1.165, 1.54) is 53.2 Å². The van der Waals surface area contributed by atoms with Gasteiger partial charge in [-0.1, -0.05) is 54.6 Å². The summed E-state index contributed by atoms with van der Waals surface area (Å²) in [5.74, 6) is 0. The third-order valence-corrected chi connectivity index (χ3v) is 7.66. The Kier molecular flexibility index (Phi) is 3.37. The molecule has 0 nitrogen and oxygen atoms in total. The summed E-state index contributed by atoms with van der Waals surface area (Å²) < 4.78 is 0. The van der Waals surface area contributed by atoms with E-state index in [0.29, 0.717) is 0 Å². The Morgan fingerprint density at radius 2 is 1.59 bits per heavy atom. The Morgan fingerprint density at radius 1 is 0.667 bits per heavy atom. The van der Waals surface area contributed by atoms with Crippen molar-refractivity contribution in [2.45, 2.75) is 6.42 Å². The van der Waals surface area contributed by atoms with Gasteiger partial charge in [-0.25, -0.2) is 0 Å². The molecule has 128 valence electrons. The average molecular weight is 381 g/mol. The van der Waals surface area contributed by atoms with Crippen molar-refractivity contribution in [3.05, 3.63) is 95.4 Å². The molecule has 0 fully saturated rings. The fraction of sp³-hybridized carbons (Fsp3) is 0.0400. The molecule has 5 aromatic rings. The summed E-state index contributed by atoms with van der Waals surface area (Å²) in [4.78, 5) is 4.04. The van der Waals surface area contributed by atoms with Crippen molar-refractivity contribution in [1.29, 1.82) is 0 Å². The highest BCUT2D eigenvalue weighted by molar-refractivity contribution is 7.23. The molecule has 0 unspecified atom stereocenters. The quantitative estimate of drug-likeness (QED) is 0.287. The standard InChI is InChI=1S/C25H16S2/c1-2-5-19-16(4-1)15-22-20-9-8-18(14-17(20)7-10-21(19)22)23-11-12-25(27-23)24-6-3-13-26-24/h1-14H,15H2. The second kappa shape index (κ2) is 5.91. The van der Waals surface area contributed by atoms with Crippen LogP contribution in [0, 0.1) is 0 Å². The summed E-state index contributed by atoms with van der Waals surface area (Å²) in [6.07, 6.45) is 1.05. The van der Waals surface area contributed by atoms with Crippen LogP contribution in [0.2, 0.25) is 0 Å². The molecular formula is C25H16S2. The molecule has 1 aliphatic rings. The summed E-state index contributed by atoms with van der Waals surface area (Å²) in [5, 5.41) is 4.87. The molecule has 0 radical (unpaired) electrons. The zero-order valence-corrected chi connectivity index (χ0v) is 16.2. The number of thiophene rings is 2. The molecule has 0 amide bonds. The lowest BCUT2D eigenvalue weighted by molar-refractivity contribution is 1.28. The van der Waals surface area contributed by atoms with Crippen LogP contribution in [-0.2, 0) is 6.42 Å². The highest BCUT2D eigenvalue weighted by Gasteiger charge is 2.20. The van der Waals surface area contributed by atoms with E-state index in [9.17, 15) is 0 Å². The Morgan fingerprint density at radius 3 is 2.52 bits per heavy atom. The van der Waals surface area contributed by atoms with Crippen LogP contribution < -0.4 is 0 Å². The Hall–Kier alpha value is -2.68. The number of fused-ring (bicyclic) bond motifs is 5. The molecule has 1 aliphatic carbocycles. The van der Waals surface area contributed by atoms with Crippen molar-refractivity contribution in [1.82, 2.24) is 0 Å². The first-order valence-electron chi connectivity index (χ1n) is 9.15. The normalized spacial score (nSPS) is 12.3. The van der Waals surface area contributed by atoms with Gasteiger partial charge >= 0.3 is 0 Å². The molecule has 0 spiro atoms. The van der Waals surface area contributed by atoms with Gasteiger partial charge in [0.25, 0.3) is 0 Å². The van der Waals surface area contributed by atoms with Crippen LogP contribution in [0.25, 0.3) is 42.1 Å². The first-order chi connectivity index (χ1) is 13.4. The van der Waals surface area contributed by atoms with Gasteiger partial charge in [0.15, 0.2) is 0 Å². The van der Waals surface area contributed by atoms with E-state index >= 15 is 0 Å². The van der Waals surface area contributed by atoms with Crippen molar-refractivity contribution in [3.8, 4) is 31.3 Å². The predicted octanol–water partition coefficient (Wildman–Crippen LogP) is 7.87. The molecular weight excluding hydrogens is 364 g/mol. The highest BCUT2D eigenvalue weighted by Crippen LogP contribution is 2.42. The molecule has 27 heavy (non-hydrogen) atoms. The van der Waals surface area contributed by atoms with Gasteiger partial charge in [0.2, 0.25) is 0 Å². The Balaban J connectivity index is 1.45. The van der Waals surface area contributed by atoms with Crippen LogP contribution in [0.5, 0.6) is 0 Å². The zero-order valence-electron chi connectivity index (χ0n) is 14.6. The summed E-state index contributed by atoms with van der Waals surface area (Å²) in [7, 11) is 0. The molecule has 0 saturated heterocycles. The summed E-state index contributed by atoms with van der Waals surface area (Å²) >= 11 is 3.68. The second-order valence-corrected chi connectivity index (χ2v) is 9.03. The number of hydrogen-bond acceptors (Lipinski definition) is 2. The number of rotatable bonds is 2. The minimum absolute atomic E-state index is 1.05. The van der Waals surface area contributed by atoms with Gasteiger partial charge in [0.05, 0.1) is 0 Å². The molecule has 6 rings (SSSR count). The molecule has 0 saturated carbocycles. The summed E-state index contributed by atoms with van der Waals surface area (Å²) in [5.41, 5.74) is 7.04. The summed E-state index contributed by atoms with van der Waals surface area (Å²) in [6, 6.07) is 29.2. The largest absolute Gasteiger partial charge is 0.143 e. The molecule has 0 atom stereocenters. The monoisotopic (exact) mass is 380 g/mol. The van der Waals surface area contributed by atoms with Crippen LogP contribution >= 0.6 is 22.7 Å². The number of hydrogen-bond donors (Lipinski definition) is 0. The van der Waals surface area contributed by atoms with Gasteiger partial charge in [-0.3, -0.25) is 0 Å². The van der Waals surface area contributed by atoms with Crippen LogP contribution in [0.3, 0.4) is 0 Å². The maximum absolute atomic E-state index is 2.35. The summed E-state index contributed by atoms with van der Waals surface area (Å²) in [6.45, 7) is 0. The van der Waals surface area contributed by atoms with Gasteiger partial charge in [-0.2, -0.15) is 0 Å². The molecule has 0 bridgehead atoms. The topological polar surface area (TPSA) is 0 Å². The van der Waals surface area contributed by atoms with Gasteiger partial charge in [-0.05, 0) is 74.7 Å². The molecule has 0 N–H and O–H groups in total. The minimum atomic E-state index is 1.05. The van der Waals surface area contributed by atoms with Gasteiger partial charge in [0.1, 0.15) is 0 Å². The Labute approximate surface area is 166 Å². The SMILES string of the molecule is c1csc(-c2ccc(-c3ccc4c5c(ccc4c3)-c3ccccc3C5)s2)c1. The van der Waals surface area contributed by atoms with Crippen molar-refractivity contribution >= 4 is 33.4 Å². The van der Waals surface area contributed by atoms with Crippen molar-refractivity contribution in [2.24, 2.45) is 0 Å². The smallest absolute Gasteiger partial charge is 0.0449 e. The van der Waals surface area contributed by atoms with E-state index in [1.54, 1.807) is 11.3 Å². The minimum Gasteiger partial charge on any atom is -0.143 e. The first kappa shape index (κ1) is 15.4. The average Bonchev–Trinajstić information content (AvgIpc) is 3.46. The highest BCUT2D eigenvalue weighted by atomic mass is 32.1. The zero-order chi connectivity index (χ0) is 17.8. The van der Waals surface area contributed by atoms with Crippen molar-refractivity contribution in [2.75, 3.05) is 0 Å². The maximum Gasteiger partial charge on any atom is 0.0449 e. The maximum atomic E-state index is 2.35. The third-order valence-electron chi connectivity index (χ3n) is 5.46. The van der Waals surface area contributed by atoms with E-state index < -0.39 is 0 Å². The first-order valence-corrected chi connectivity index (χ1v) is 10.8. The van der Waals surface area contributed by atoms with Crippen molar-refractivity contribution in [3.63, 3.8) is 0 Å². The van der Waals surface area contributed by atoms with Gasteiger partial charge < -0.3 is 0 Å². The third kappa shape index (κ3) is 2.41. The fourth-order valence-electron chi connectivity index (χ4n) is 4.16. The van der Waals surface area contributed by atoms with E-state index in [4.69, 9.17) is 0 Å². The van der Waals surface area contributed by atoms with E-state index in [0.717, 1.165) is 6.42 Å². The lowest BCUT2D eigenvalue weighted by Crippen LogP contribution is -1.85. The van der Waals surface area contributed by atoms with E-state index in [1.807, 2.05) is 11.3 Å². The van der Waals surface area contributed by atoms with Crippen molar-refractivity contribution < 1.29 is 0 Å². The second-order valence-electron chi connectivity index (χ2n) is 7.00. The van der Waals surface area contributed by atoms with E-state index in [-0.39, 0.29) is 0 Å². The van der Waals surface area contributed by atoms with Crippen LogP contribution in [0.15, 0.2) is 84.2 Å². The van der Waals surface area contributed by atoms with Crippen LogP contribution in [0.4, 0.5) is 0 Å². The van der Waals surface area contributed by atoms with Crippen LogP contribution in [0.1, 0.15) is 11.1 Å². The fourth-order valence-corrected chi connectivity index (χ4v) is 6.00. The lowest BCUT2D eigenvalue weighted by Gasteiger charge is -2.08. The molecule has 2 heterocycles. The predicted molar refractivity (Wildman–Crippen MR) is 119 cm³/mol. The molecule has 2 heteroatoms. The van der Waals surface area contributed by atoms with Crippen LogP contribution in [-0.4, -0.2) is 0 Å². The Bertz CT molecular complexity index is 1290. The van der Waals surface area contributed by atoms with E-state index in [2.05, 4.69) is 84.2 Å². The molecule has 0 aliphatic heterocycles. The number of benzene rings is 3. The van der Waals surface area contributed by atoms with Gasteiger partial charge in [-0.15, -0.1) is 22.7 Å². The van der Waals surface area contributed by atoms with Gasteiger partial charge in [0, 0.05) is 14.6 Å².